The monoisotopic (exact) mass is 370 g/mol. The van der Waals surface area contributed by atoms with Gasteiger partial charge in [0.05, 0.1) is 6.20 Å². The third-order valence-electron chi connectivity index (χ3n) is 3.47. The van der Waals surface area contributed by atoms with Crippen LogP contribution in [0.25, 0.3) is 10.9 Å². The van der Waals surface area contributed by atoms with Crippen molar-refractivity contribution in [1.82, 2.24) is 9.55 Å². The van der Waals surface area contributed by atoms with Crippen molar-refractivity contribution in [3.05, 3.63) is 41.2 Å². The van der Waals surface area contributed by atoms with E-state index in [0.29, 0.717) is 16.7 Å². The second-order valence-corrected chi connectivity index (χ2v) is 8.39. The summed E-state index contributed by atoms with van der Waals surface area (Å²) in [4.78, 5) is 4.02. The number of aromatic nitrogens is 2. The van der Waals surface area contributed by atoms with Gasteiger partial charge in [0.15, 0.2) is 9.34 Å². The van der Waals surface area contributed by atoms with E-state index in [0.717, 1.165) is 28.7 Å². The van der Waals surface area contributed by atoms with Gasteiger partial charge < -0.3 is 9.88 Å². The lowest BCUT2D eigenvalue weighted by molar-refractivity contribution is 0.599. The van der Waals surface area contributed by atoms with Crippen LogP contribution in [-0.2, 0) is 23.5 Å². The van der Waals surface area contributed by atoms with E-state index in [4.69, 9.17) is 16.7 Å². The summed E-state index contributed by atoms with van der Waals surface area (Å²) >= 11 is 7.06. The molecule has 0 spiro atoms. The average molecular weight is 371 g/mol. The van der Waals surface area contributed by atoms with Crippen molar-refractivity contribution in [2.75, 3.05) is 11.9 Å². The number of nitrogens with two attached hydrogens (primary N) is 1. The number of fused-ring (bicyclic) bond motifs is 1. The first-order valence-electron chi connectivity index (χ1n) is 6.80. The summed E-state index contributed by atoms with van der Waals surface area (Å²) in [7, 11) is -1.71. The van der Waals surface area contributed by atoms with Crippen LogP contribution in [-0.4, -0.2) is 24.5 Å². The van der Waals surface area contributed by atoms with Crippen molar-refractivity contribution in [2.24, 2.45) is 12.2 Å². The zero-order valence-electron chi connectivity index (χ0n) is 12.3. The van der Waals surface area contributed by atoms with Crippen molar-refractivity contribution in [2.45, 2.75) is 10.6 Å². The lowest BCUT2D eigenvalue weighted by Crippen LogP contribution is -2.09. The molecule has 0 aliphatic rings. The van der Waals surface area contributed by atoms with Gasteiger partial charge in [0.2, 0.25) is 10.0 Å². The third kappa shape index (κ3) is 3.50. The molecule has 23 heavy (non-hydrogen) atoms. The van der Waals surface area contributed by atoms with Crippen LogP contribution in [0.15, 0.2) is 34.8 Å². The summed E-state index contributed by atoms with van der Waals surface area (Å²) in [5.41, 5.74) is 2.27. The first-order chi connectivity index (χ1) is 10.8. The van der Waals surface area contributed by atoms with Gasteiger partial charge in [-0.3, -0.25) is 0 Å². The highest BCUT2D eigenvalue weighted by atomic mass is 35.5. The molecular weight excluding hydrogens is 356 g/mol. The van der Waals surface area contributed by atoms with Crippen molar-refractivity contribution < 1.29 is 8.42 Å². The molecule has 2 heterocycles. The average Bonchev–Trinajstić information content (AvgIpc) is 3.05. The minimum atomic E-state index is -3.69. The Kier molecular flexibility index (Phi) is 4.33. The maximum Gasteiger partial charge on any atom is 0.249 e. The van der Waals surface area contributed by atoms with E-state index < -0.39 is 10.0 Å². The highest BCUT2D eigenvalue weighted by molar-refractivity contribution is 7.91. The van der Waals surface area contributed by atoms with Crippen molar-refractivity contribution in [1.29, 1.82) is 0 Å². The zero-order valence-corrected chi connectivity index (χ0v) is 14.7. The molecular formula is C14H15ClN4O2S2. The second-order valence-electron chi connectivity index (χ2n) is 5.13. The Morgan fingerprint density at radius 3 is 2.91 bits per heavy atom. The standard InChI is InChI=1S/C14H15ClN4O2S2/c1-19-8-9(11-3-2-10(15)6-12(11)19)4-5-17-14-18-7-13(22-14)23(16,20)21/h2-3,6-8H,4-5H2,1H3,(H,17,18)(H2,16,20,21). The SMILES string of the molecule is Cn1cc(CCNc2ncc(S(N)(=O)=O)s2)c2ccc(Cl)cc21. The Bertz CT molecular complexity index is 962. The molecule has 0 atom stereocenters. The summed E-state index contributed by atoms with van der Waals surface area (Å²) in [5.74, 6) is 0. The summed E-state index contributed by atoms with van der Waals surface area (Å²) in [6.07, 6.45) is 4.12. The fraction of sp³-hybridized carbons (Fsp3) is 0.214. The molecule has 0 unspecified atom stereocenters. The number of sulfonamides is 1. The molecule has 3 aromatic rings. The van der Waals surface area contributed by atoms with Gasteiger partial charge in [0.25, 0.3) is 0 Å². The molecule has 0 aliphatic heterocycles. The molecule has 0 amide bonds. The predicted octanol–water partition coefficient (Wildman–Crippen LogP) is 2.59. The van der Waals surface area contributed by atoms with Gasteiger partial charge in [-0.1, -0.05) is 29.0 Å². The number of hydrogen-bond acceptors (Lipinski definition) is 5. The maximum atomic E-state index is 11.2. The molecule has 0 saturated heterocycles. The number of halogens is 1. The van der Waals surface area contributed by atoms with Crippen LogP contribution in [0.1, 0.15) is 5.56 Å². The Morgan fingerprint density at radius 1 is 1.43 bits per heavy atom. The molecule has 0 fully saturated rings. The third-order valence-corrected chi connectivity index (χ3v) is 6.07. The molecule has 9 heteroatoms. The highest BCUT2D eigenvalue weighted by Crippen LogP contribution is 2.25. The largest absolute Gasteiger partial charge is 0.361 e. The topological polar surface area (TPSA) is 90.0 Å². The van der Waals surface area contributed by atoms with E-state index in [2.05, 4.69) is 16.5 Å². The lowest BCUT2D eigenvalue weighted by Gasteiger charge is -2.02. The van der Waals surface area contributed by atoms with Gasteiger partial charge >= 0.3 is 0 Å². The quantitative estimate of drug-likeness (QED) is 0.722. The van der Waals surface area contributed by atoms with Crippen LogP contribution < -0.4 is 10.5 Å². The molecule has 122 valence electrons. The first-order valence-corrected chi connectivity index (χ1v) is 9.54. The van der Waals surface area contributed by atoms with Crippen LogP contribution in [0.5, 0.6) is 0 Å². The number of benzene rings is 1. The molecule has 0 radical (unpaired) electrons. The number of aryl methyl sites for hydroxylation is 1. The molecule has 1 aromatic carbocycles. The van der Waals surface area contributed by atoms with E-state index in [-0.39, 0.29) is 4.21 Å². The highest BCUT2D eigenvalue weighted by Gasteiger charge is 2.12. The first kappa shape index (κ1) is 16.3. The number of nitrogens with zero attached hydrogens (tertiary/aromatic N) is 2. The van der Waals surface area contributed by atoms with Gasteiger partial charge in [-0.05, 0) is 24.1 Å². The van der Waals surface area contributed by atoms with Crippen LogP contribution >= 0.6 is 22.9 Å². The van der Waals surface area contributed by atoms with Gasteiger partial charge in [-0.2, -0.15) is 0 Å². The van der Waals surface area contributed by atoms with E-state index >= 15 is 0 Å². The second kappa shape index (κ2) is 6.12. The van der Waals surface area contributed by atoms with Crippen molar-refractivity contribution in [3.8, 4) is 0 Å². The summed E-state index contributed by atoms with van der Waals surface area (Å²) in [5, 5.41) is 10.6. The number of hydrogen-bond donors (Lipinski definition) is 2. The molecule has 3 N–H and O–H groups in total. The predicted molar refractivity (Wildman–Crippen MR) is 93.6 cm³/mol. The Labute approximate surface area is 142 Å². The van der Waals surface area contributed by atoms with Gasteiger partial charge in [-0.25, -0.2) is 18.5 Å². The van der Waals surface area contributed by atoms with Crippen LogP contribution in [0.2, 0.25) is 5.02 Å². The molecule has 2 aromatic heterocycles. The van der Waals surface area contributed by atoms with Gasteiger partial charge in [0, 0.05) is 35.7 Å². The Hall–Kier alpha value is -1.61. The summed E-state index contributed by atoms with van der Waals surface area (Å²) in [6, 6.07) is 5.82. The molecule has 0 aliphatic carbocycles. The fourth-order valence-corrected chi connectivity index (χ4v) is 4.06. The Balaban J connectivity index is 1.71. The number of thiazole rings is 1. The van der Waals surface area contributed by atoms with Crippen LogP contribution in [0.3, 0.4) is 0 Å². The normalized spacial score (nSPS) is 12.0. The fourth-order valence-electron chi connectivity index (χ4n) is 2.42. The van der Waals surface area contributed by atoms with E-state index in [1.54, 1.807) is 0 Å². The van der Waals surface area contributed by atoms with Crippen molar-refractivity contribution in [3.63, 3.8) is 0 Å². The molecule has 0 saturated carbocycles. The van der Waals surface area contributed by atoms with Crippen molar-refractivity contribution >= 4 is 49.0 Å². The number of primary sulfonamides is 1. The minimum absolute atomic E-state index is 0.0554. The number of rotatable bonds is 5. The molecule has 3 rings (SSSR count). The van der Waals surface area contributed by atoms with E-state index in [9.17, 15) is 8.42 Å². The van der Waals surface area contributed by atoms with E-state index in [1.807, 2.05) is 29.8 Å². The van der Waals surface area contributed by atoms with E-state index in [1.165, 1.54) is 11.8 Å². The summed E-state index contributed by atoms with van der Waals surface area (Å²) < 4.78 is 24.5. The van der Waals surface area contributed by atoms with Crippen LogP contribution in [0.4, 0.5) is 5.13 Å². The lowest BCUT2D eigenvalue weighted by atomic mass is 10.1. The van der Waals surface area contributed by atoms with Crippen LogP contribution in [0, 0.1) is 0 Å². The van der Waals surface area contributed by atoms with Gasteiger partial charge in [0.1, 0.15) is 0 Å². The molecule has 6 nitrogen and oxygen atoms in total. The Morgan fingerprint density at radius 2 is 2.22 bits per heavy atom. The number of nitrogens with one attached hydrogen (secondary N) is 1. The summed E-state index contributed by atoms with van der Waals surface area (Å²) in [6.45, 7) is 0.638. The zero-order chi connectivity index (χ0) is 16.6. The maximum absolute atomic E-state index is 11.2. The number of anilines is 1. The minimum Gasteiger partial charge on any atom is -0.361 e. The smallest absolute Gasteiger partial charge is 0.249 e. The molecule has 0 bridgehead atoms. The van der Waals surface area contributed by atoms with Gasteiger partial charge in [-0.15, -0.1) is 0 Å².